The van der Waals surface area contributed by atoms with Crippen LogP contribution in [0.3, 0.4) is 0 Å². The number of anilines is 1. The number of nitrogens with one attached hydrogen (secondary N) is 2. The molecule has 24 heavy (non-hydrogen) atoms. The van der Waals surface area contributed by atoms with Crippen molar-refractivity contribution in [2.75, 3.05) is 44.3 Å². The molecule has 6 nitrogen and oxygen atoms in total. The maximum absolute atomic E-state index is 5.43. The number of unbranched alkanes of at least 4 members (excludes halogenated alkanes) is 1. The molecule has 0 spiro atoms. The van der Waals surface area contributed by atoms with Gasteiger partial charge in [-0.3, -0.25) is 0 Å². The van der Waals surface area contributed by atoms with Crippen LogP contribution in [0, 0.1) is 0 Å². The summed E-state index contributed by atoms with van der Waals surface area (Å²) in [6.07, 6.45) is 4.18. The average molecular weight is 447 g/mol. The van der Waals surface area contributed by atoms with Crippen LogP contribution in [0.25, 0.3) is 0 Å². The van der Waals surface area contributed by atoms with Gasteiger partial charge in [0, 0.05) is 37.9 Å². The predicted molar refractivity (Wildman–Crippen MR) is 110 cm³/mol. The number of ether oxygens (including phenoxy) is 1. The van der Waals surface area contributed by atoms with E-state index in [2.05, 4.69) is 40.4 Å². The molecule has 1 aliphatic rings. The molecule has 0 amide bonds. The van der Waals surface area contributed by atoms with E-state index < -0.39 is 0 Å². The molecule has 1 aliphatic heterocycles. The van der Waals surface area contributed by atoms with Crippen LogP contribution < -0.4 is 15.5 Å². The summed E-state index contributed by atoms with van der Waals surface area (Å²) in [5.74, 6) is 1.90. The summed E-state index contributed by atoms with van der Waals surface area (Å²) >= 11 is 0. The molecule has 1 aromatic rings. The molecule has 2 heterocycles. The number of nitrogens with zero attached hydrogens (tertiary/aromatic N) is 3. The van der Waals surface area contributed by atoms with E-state index in [0.29, 0.717) is 6.54 Å². The second kappa shape index (κ2) is 12.3. The molecule has 0 bridgehead atoms. The smallest absolute Gasteiger partial charge is 0.191 e. The molecule has 1 aromatic heterocycles. The van der Waals surface area contributed by atoms with E-state index in [4.69, 9.17) is 9.73 Å². The van der Waals surface area contributed by atoms with Crippen LogP contribution in [-0.4, -0.2) is 50.3 Å². The molecule has 1 fully saturated rings. The monoisotopic (exact) mass is 447 g/mol. The maximum atomic E-state index is 5.43. The van der Waals surface area contributed by atoms with E-state index in [1.807, 2.05) is 12.3 Å². The molecule has 1 saturated heterocycles. The topological polar surface area (TPSA) is 61.8 Å². The number of pyridine rings is 1. The van der Waals surface area contributed by atoms with Crippen molar-refractivity contribution in [1.29, 1.82) is 0 Å². The Kier molecular flexibility index (Phi) is 10.7. The molecule has 0 unspecified atom stereocenters. The third kappa shape index (κ3) is 6.80. The van der Waals surface area contributed by atoms with Crippen molar-refractivity contribution in [3.8, 4) is 0 Å². The van der Waals surface area contributed by atoms with Gasteiger partial charge in [0.2, 0.25) is 0 Å². The summed E-state index contributed by atoms with van der Waals surface area (Å²) in [7, 11) is 0. The molecule has 0 atom stereocenters. The number of aromatic nitrogens is 1. The number of hydrogen-bond donors (Lipinski definition) is 2. The van der Waals surface area contributed by atoms with Crippen molar-refractivity contribution in [3.63, 3.8) is 0 Å². The van der Waals surface area contributed by atoms with Gasteiger partial charge in [-0.2, -0.15) is 0 Å². The SMILES string of the molecule is CCCCNC(=NCc1cccnc1N1CCOCC1)NCC.I. The van der Waals surface area contributed by atoms with Crippen molar-refractivity contribution < 1.29 is 4.74 Å². The highest BCUT2D eigenvalue weighted by Crippen LogP contribution is 2.19. The van der Waals surface area contributed by atoms with Gasteiger partial charge in [0.1, 0.15) is 5.82 Å². The highest BCUT2D eigenvalue weighted by molar-refractivity contribution is 14.0. The van der Waals surface area contributed by atoms with Gasteiger partial charge in [-0.15, -0.1) is 24.0 Å². The first-order chi connectivity index (χ1) is 11.3. The Morgan fingerprint density at radius 2 is 2.08 bits per heavy atom. The largest absolute Gasteiger partial charge is 0.378 e. The quantitative estimate of drug-likeness (QED) is 0.291. The van der Waals surface area contributed by atoms with Crippen LogP contribution in [0.2, 0.25) is 0 Å². The van der Waals surface area contributed by atoms with E-state index >= 15 is 0 Å². The summed E-state index contributed by atoms with van der Waals surface area (Å²) in [5, 5.41) is 6.67. The van der Waals surface area contributed by atoms with Gasteiger partial charge in [0.05, 0.1) is 19.8 Å². The first kappa shape index (κ1) is 21.0. The van der Waals surface area contributed by atoms with Gasteiger partial charge in [-0.05, 0) is 19.4 Å². The Labute approximate surface area is 162 Å². The zero-order chi connectivity index (χ0) is 16.3. The van der Waals surface area contributed by atoms with Gasteiger partial charge in [-0.1, -0.05) is 19.4 Å². The lowest BCUT2D eigenvalue weighted by Crippen LogP contribution is -2.38. The highest BCUT2D eigenvalue weighted by atomic mass is 127. The molecule has 0 saturated carbocycles. The minimum absolute atomic E-state index is 0. The van der Waals surface area contributed by atoms with Crippen molar-refractivity contribution in [1.82, 2.24) is 15.6 Å². The number of morpholine rings is 1. The van der Waals surface area contributed by atoms with Gasteiger partial charge in [0.15, 0.2) is 5.96 Å². The van der Waals surface area contributed by atoms with E-state index in [-0.39, 0.29) is 24.0 Å². The lowest BCUT2D eigenvalue weighted by atomic mass is 10.2. The first-order valence-corrected chi connectivity index (χ1v) is 8.64. The molecule has 2 rings (SSSR count). The molecule has 136 valence electrons. The number of guanidine groups is 1. The molecular formula is C17H30IN5O. The zero-order valence-electron chi connectivity index (χ0n) is 14.8. The molecule has 2 N–H and O–H groups in total. The summed E-state index contributed by atoms with van der Waals surface area (Å²) in [5.41, 5.74) is 1.15. The molecule has 7 heteroatoms. The van der Waals surface area contributed by atoms with Crippen molar-refractivity contribution >= 4 is 35.8 Å². The zero-order valence-corrected chi connectivity index (χ0v) is 17.1. The number of rotatable bonds is 7. The lowest BCUT2D eigenvalue weighted by molar-refractivity contribution is 0.122. The minimum Gasteiger partial charge on any atom is -0.378 e. The number of halogens is 1. The Balaban J connectivity index is 0.00000288. The van der Waals surface area contributed by atoms with Crippen LogP contribution in [0.5, 0.6) is 0 Å². The van der Waals surface area contributed by atoms with Crippen LogP contribution in [0.15, 0.2) is 23.3 Å². The van der Waals surface area contributed by atoms with Crippen LogP contribution in [0.1, 0.15) is 32.3 Å². The molecular weight excluding hydrogens is 417 g/mol. The Bertz CT molecular complexity index is 492. The fourth-order valence-electron chi connectivity index (χ4n) is 2.50. The minimum atomic E-state index is 0. The van der Waals surface area contributed by atoms with Crippen molar-refractivity contribution in [2.24, 2.45) is 4.99 Å². The third-order valence-electron chi connectivity index (χ3n) is 3.75. The molecule has 0 radical (unpaired) electrons. The Morgan fingerprint density at radius 1 is 1.29 bits per heavy atom. The maximum Gasteiger partial charge on any atom is 0.191 e. The molecule has 0 aliphatic carbocycles. The Morgan fingerprint density at radius 3 is 2.79 bits per heavy atom. The summed E-state index contributed by atoms with van der Waals surface area (Å²) in [6, 6.07) is 4.09. The van der Waals surface area contributed by atoms with E-state index in [1.54, 1.807) is 0 Å². The van der Waals surface area contributed by atoms with Gasteiger partial charge >= 0.3 is 0 Å². The Hall–Kier alpha value is -1.09. The van der Waals surface area contributed by atoms with E-state index in [0.717, 1.165) is 63.2 Å². The average Bonchev–Trinajstić information content (AvgIpc) is 2.61. The second-order valence-corrected chi connectivity index (χ2v) is 5.56. The summed E-state index contributed by atoms with van der Waals surface area (Å²) < 4.78 is 5.43. The predicted octanol–water partition coefficient (Wildman–Crippen LogP) is 2.39. The van der Waals surface area contributed by atoms with Gasteiger partial charge in [-0.25, -0.2) is 9.98 Å². The third-order valence-corrected chi connectivity index (χ3v) is 3.75. The van der Waals surface area contributed by atoms with E-state index in [1.165, 1.54) is 6.42 Å². The fourth-order valence-corrected chi connectivity index (χ4v) is 2.50. The lowest BCUT2D eigenvalue weighted by Gasteiger charge is -2.29. The van der Waals surface area contributed by atoms with Crippen molar-refractivity contribution in [3.05, 3.63) is 23.9 Å². The summed E-state index contributed by atoms with van der Waals surface area (Å²) in [4.78, 5) is 11.6. The first-order valence-electron chi connectivity index (χ1n) is 8.64. The van der Waals surface area contributed by atoms with Crippen LogP contribution in [-0.2, 0) is 11.3 Å². The molecule has 0 aromatic carbocycles. The van der Waals surface area contributed by atoms with Gasteiger partial charge < -0.3 is 20.3 Å². The highest BCUT2D eigenvalue weighted by Gasteiger charge is 2.15. The summed E-state index contributed by atoms with van der Waals surface area (Å²) in [6.45, 7) is 10.0. The van der Waals surface area contributed by atoms with E-state index in [9.17, 15) is 0 Å². The number of hydrogen-bond acceptors (Lipinski definition) is 4. The van der Waals surface area contributed by atoms with Crippen molar-refractivity contribution in [2.45, 2.75) is 33.2 Å². The number of aliphatic imine (C=N–C) groups is 1. The standard InChI is InChI=1S/C17H29N5O.HI/c1-3-5-8-20-17(18-4-2)21-14-15-7-6-9-19-16(15)22-10-12-23-13-11-22;/h6-7,9H,3-5,8,10-14H2,1-2H3,(H2,18,20,21);1H. The van der Waals surface area contributed by atoms with Crippen LogP contribution >= 0.6 is 24.0 Å². The van der Waals surface area contributed by atoms with Gasteiger partial charge in [0.25, 0.3) is 0 Å². The van der Waals surface area contributed by atoms with Crippen LogP contribution in [0.4, 0.5) is 5.82 Å². The fraction of sp³-hybridized carbons (Fsp3) is 0.647. The normalized spacial score (nSPS) is 14.9. The second-order valence-electron chi connectivity index (χ2n) is 5.56.